The Morgan fingerprint density at radius 3 is 2.03 bits per heavy atom. The molecule has 10 aromatic rings. The Morgan fingerprint density at radius 1 is 0.541 bits per heavy atom. The van der Waals surface area contributed by atoms with Gasteiger partial charge < -0.3 is 8.83 Å². The van der Waals surface area contributed by atoms with Gasteiger partial charge in [-0.3, -0.25) is 0 Å². The first kappa shape index (κ1) is 35.5. The van der Waals surface area contributed by atoms with Gasteiger partial charge in [0.15, 0.2) is 17.5 Å². The van der Waals surface area contributed by atoms with Crippen molar-refractivity contribution in [2.75, 3.05) is 0 Å². The van der Waals surface area contributed by atoms with Gasteiger partial charge in [-0.25, -0.2) is 19.9 Å². The number of fused-ring (bicyclic) bond motifs is 8. The third-order valence-corrected chi connectivity index (χ3v) is 12.7. The van der Waals surface area contributed by atoms with E-state index in [0.717, 1.165) is 115 Å². The molecule has 4 aromatic heterocycles. The lowest BCUT2D eigenvalue weighted by Gasteiger charge is -2.28. The minimum Gasteiger partial charge on any atom is -0.456 e. The summed E-state index contributed by atoms with van der Waals surface area (Å²) in [5.74, 6) is 3.65. The summed E-state index contributed by atoms with van der Waals surface area (Å²) in [6.45, 7) is 2.31. The average molecular weight is 789 g/mol. The molecule has 6 aromatic carbocycles. The molecule has 4 heterocycles. The number of hydrogen-bond donors (Lipinski definition) is 0. The van der Waals surface area contributed by atoms with E-state index in [1.54, 1.807) is 0 Å². The summed E-state index contributed by atoms with van der Waals surface area (Å²) in [6.07, 6.45) is 10.7. The summed E-state index contributed by atoms with van der Waals surface area (Å²) in [6, 6.07) is 50.5. The zero-order valence-corrected chi connectivity index (χ0v) is 33.7. The fourth-order valence-corrected chi connectivity index (χ4v) is 9.65. The Labute approximate surface area is 353 Å². The first-order valence-electron chi connectivity index (χ1n) is 21.3. The van der Waals surface area contributed by atoms with Crippen LogP contribution in [0.3, 0.4) is 0 Å². The molecule has 0 saturated carbocycles. The van der Waals surface area contributed by atoms with Gasteiger partial charge in [-0.1, -0.05) is 146 Å². The molecule has 0 bridgehead atoms. The summed E-state index contributed by atoms with van der Waals surface area (Å²) >= 11 is 0. The maximum Gasteiger partial charge on any atom is 0.164 e. The Morgan fingerprint density at radius 2 is 1.23 bits per heavy atom. The van der Waals surface area contributed by atoms with Gasteiger partial charge in [-0.2, -0.15) is 0 Å². The molecule has 0 spiro atoms. The quantitative estimate of drug-likeness (QED) is 0.167. The molecule has 0 radical (unpaired) electrons. The van der Waals surface area contributed by atoms with Crippen molar-refractivity contribution in [1.29, 1.82) is 0 Å². The summed E-state index contributed by atoms with van der Waals surface area (Å²) in [5, 5.41) is 4.30. The van der Waals surface area contributed by atoms with E-state index in [2.05, 4.69) is 134 Å². The maximum atomic E-state index is 6.59. The van der Waals surface area contributed by atoms with E-state index < -0.39 is 0 Å². The molecule has 61 heavy (non-hydrogen) atoms. The van der Waals surface area contributed by atoms with Crippen molar-refractivity contribution in [3.8, 4) is 45.2 Å². The second-order valence-electron chi connectivity index (χ2n) is 16.4. The summed E-state index contributed by atoms with van der Waals surface area (Å²) in [5.41, 5.74) is 13.4. The zero-order chi connectivity index (χ0) is 40.4. The van der Waals surface area contributed by atoms with Crippen molar-refractivity contribution in [3.05, 3.63) is 180 Å². The van der Waals surface area contributed by atoms with Crippen molar-refractivity contribution in [1.82, 2.24) is 19.9 Å². The fraction of sp³-hybridized carbons (Fsp3) is 0.127. The van der Waals surface area contributed by atoms with Gasteiger partial charge in [-0.05, 0) is 84.1 Å². The van der Waals surface area contributed by atoms with Crippen molar-refractivity contribution in [2.24, 2.45) is 5.92 Å². The van der Waals surface area contributed by atoms with E-state index in [1.807, 2.05) is 36.4 Å². The standard InChI is InChI=1S/C55H40N4O2/c1-33-31-39(28-29-40(33)42-19-12-20-43-41-17-8-10-21-47(41)60-51(42)43)55-58-53(36-15-6-3-7-16-36)57-54(59-55)37-25-23-35(24-26-37)50-49-45-18-9-11-22-48(45)61-52(49)44-30-27-38(32-46(44)56-50)34-13-4-2-5-14-34/h2-7,9-16,18-27,30-33,40H,8,17,28-29H2,1H3/t33-,40?/m1/s1. The molecular formula is C55H40N4O2. The number of para-hydroxylation sites is 2. The van der Waals surface area contributed by atoms with Crippen molar-refractivity contribution >= 4 is 55.5 Å². The summed E-state index contributed by atoms with van der Waals surface area (Å²) < 4.78 is 13.1. The number of benzene rings is 6. The van der Waals surface area contributed by atoms with Crippen molar-refractivity contribution in [2.45, 2.75) is 38.5 Å². The molecule has 0 fully saturated rings. The molecule has 0 N–H and O–H groups in total. The lowest BCUT2D eigenvalue weighted by atomic mass is 9.77. The first-order valence-corrected chi connectivity index (χ1v) is 21.3. The number of nitrogens with zero attached hydrogens (tertiary/aromatic N) is 4. The highest BCUT2D eigenvalue weighted by atomic mass is 16.3. The van der Waals surface area contributed by atoms with Crippen molar-refractivity contribution in [3.63, 3.8) is 0 Å². The highest BCUT2D eigenvalue weighted by Crippen LogP contribution is 2.45. The van der Waals surface area contributed by atoms with Crippen LogP contribution in [0.5, 0.6) is 0 Å². The molecule has 0 amide bonds. The van der Waals surface area contributed by atoms with Gasteiger partial charge in [0, 0.05) is 38.4 Å². The fourth-order valence-electron chi connectivity index (χ4n) is 9.65. The molecule has 1 unspecified atom stereocenters. The molecule has 6 nitrogen and oxygen atoms in total. The van der Waals surface area contributed by atoms with E-state index >= 15 is 0 Å². The third kappa shape index (κ3) is 6.09. The van der Waals surface area contributed by atoms with Gasteiger partial charge in [0.25, 0.3) is 0 Å². The molecule has 2 aliphatic carbocycles. The van der Waals surface area contributed by atoms with Gasteiger partial charge >= 0.3 is 0 Å². The van der Waals surface area contributed by atoms with E-state index in [4.69, 9.17) is 28.8 Å². The number of rotatable bonds is 6. The minimum atomic E-state index is 0.265. The molecule has 6 heteroatoms. The van der Waals surface area contributed by atoms with Crippen molar-refractivity contribution < 1.29 is 8.83 Å². The Kier molecular flexibility index (Phi) is 8.37. The van der Waals surface area contributed by atoms with Crippen LogP contribution in [-0.4, -0.2) is 19.9 Å². The van der Waals surface area contributed by atoms with Gasteiger partial charge in [0.05, 0.1) is 16.6 Å². The average Bonchev–Trinajstić information content (AvgIpc) is 3.91. The number of aryl methyl sites for hydroxylation is 1. The second-order valence-corrected chi connectivity index (χ2v) is 16.4. The lowest BCUT2D eigenvalue weighted by Crippen LogP contribution is -2.15. The van der Waals surface area contributed by atoms with Gasteiger partial charge in [0.1, 0.15) is 22.5 Å². The third-order valence-electron chi connectivity index (χ3n) is 12.7. The van der Waals surface area contributed by atoms with E-state index in [0.29, 0.717) is 17.6 Å². The number of pyridine rings is 1. The highest BCUT2D eigenvalue weighted by Gasteiger charge is 2.29. The summed E-state index contributed by atoms with van der Waals surface area (Å²) in [7, 11) is 0. The summed E-state index contributed by atoms with van der Waals surface area (Å²) in [4.78, 5) is 20.8. The number of allylic oxidation sites excluding steroid dienone is 3. The maximum absolute atomic E-state index is 6.59. The Bertz CT molecular complexity index is 3380. The van der Waals surface area contributed by atoms with Crippen LogP contribution in [0.2, 0.25) is 0 Å². The van der Waals surface area contributed by atoms with Crippen LogP contribution in [0.1, 0.15) is 54.8 Å². The smallest absolute Gasteiger partial charge is 0.164 e. The van der Waals surface area contributed by atoms with E-state index in [-0.39, 0.29) is 5.92 Å². The van der Waals surface area contributed by atoms with Gasteiger partial charge in [0.2, 0.25) is 0 Å². The van der Waals surface area contributed by atoms with Crippen LogP contribution in [-0.2, 0) is 6.42 Å². The largest absolute Gasteiger partial charge is 0.456 e. The SMILES string of the molecule is C[C@@H]1C=C(c2nc(-c3ccccc3)nc(-c3ccc(-c4nc5cc(-c6ccccc6)ccc5c5oc6ccccc6c45)cc3)n2)CCC1c1cccc2c3c(oc12)C=CCC3. The minimum absolute atomic E-state index is 0.265. The number of aromatic nitrogens is 4. The molecular weight excluding hydrogens is 749 g/mol. The lowest BCUT2D eigenvalue weighted by molar-refractivity contribution is 0.489. The van der Waals surface area contributed by atoms with Crippen LogP contribution in [0.15, 0.2) is 167 Å². The molecule has 12 rings (SSSR count). The van der Waals surface area contributed by atoms with E-state index in [1.165, 1.54) is 16.5 Å². The Hall–Kier alpha value is -7.44. The van der Waals surface area contributed by atoms with E-state index in [9.17, 15) is 0 Å². The first-order chi connectivity index (χ1) is 30.1. The predicted octanol–water partition coefficient (Wildman–Crippen LogP) is 14.3. The van der Waals surface area contributed by atoms with Crippen LogP contribution in [0.25, 0.3) is 101 Å². The van der Waals surface area contributed by atoms with Crippen LogP contribution < -0.4 is 0 Å². The van der Waals surface area contributed by atoms with Gasteiger partial charge in [-0.15, -0.1) is 0 Å². The molecule has 0 saturated heterocycles. The topological polar surface area (TPSA) is 77.8 Å². The normalized spacial score (nSPS) is 16.4. The number of furan rings is 2. The highest BCUT2D eigenvalue weighted by molar-refractivity contribution is 6.19. The van der Waals surface area contributed by atoms with Crippen LogP contribution in [0.4, 0.5) is 0 Å². The van der Waals surface area contributed by atoms with Crippen LogP contribution in [0, 0.1) is 5.92 Å². The molecule has 2 atom stereocenters. The zero-order valence-electron chi connectivity index (χ0n) is 33.7. The predicted molar refractivity (Wildman–Crippen MR) is 247 cm³/mol. The Balaban J connectivity index is 0.936. The number of hydrogen-bond acceptors (Lipinski definition) is 6. The van der Waals surface area contributed by atoms with Crippen LogP contribution >= 0.6 is 0 Å². The monoisotopic (exact) mass is 788 g/mol. The molecule has 2 aliphatic rings. The second kappa shape index (κ2) is 14.4. The molecule has 292 valence electrons. The molecule has 0 aliphatic heterocycles.